The number of ether oxygens (including phenoxy) is 3. The highest BCUT2D eigenvalue weighted by molar-refractivity contribution is 5.71. The molecule has 0 aromatic heterocycles. The van der Waals surface area contributed by atoms with E-state index in [1.54, 1.807) is 0 Å². The summed E-state index contributed by atoms with van der Waals surface area (Å²) in [4.78, 5) is 38.2. The fraction of sp³-hybridized carbons (Fsp3) is 0.738. The van der Waals surface area contributed by atoms with Gasteiger partial charge in [0, 0.05) is 19.3 Å². The normalized spacial score (nSPS) is 12.7. The van der Waals surface area contributed by atoms with Crippen LogP contribution in [0.4, 0.5) is 0 Å². The van der Waals surface area contributed by atoms with Crippen LogP contribution in [0.1, 0.15) is 290 Å². The summed E-state index contributed by atoms with van der Waals surface area (Å²) >= 11 is 0. The van der Waals surface area contributed by atoms with Crippen molar-refractivity contribution in [1.82, 2.24) is 0 Å². The van der Waals surface area contributed by atoms with Crippen molar-refractivity contribution in [2.24, 2.45) is 0 Å². The maximum atomic E-state index is 12.9. The molecule has 408 valence electrons. The molecule has 0 heterocycles. The summed E-state index contributed by atoms with van der Waals surface area (Å²) in [7, 11) is 0. The summed E-state index contributed by atoms with van der Waals surface area (Å²) in [6.07, 6.45) is 77.2. The monoisotopic (exact) mass is 989 g/mol. The molecule has 0 N–H and O–H groups in total. The minimum Gasteiger partial charge on any atom is -0.462 e. The lowest BCUT2D eigenvalue weighted by Gasteiger charge is -2.18. The van der Waals surface area contributed by atoms with E-state index in [4.69, 9.17) is 14.2 Å². The minimum absolute atomic E-state index is 0.0935. The van der Waals surface area contributed by atoms with Crippen molar-refractivity contribution >= 4 is 17.9 Å². The average molecular weight is 990 g/mol. The molecule has 0 aliphatic heterocycles. The van der Waals surface area contributed by atoms with Gasteiger partial charge in [-0.3, -0.25) is 14.4 Å². The van der Waals surface area contributed by atoms with Crippen molar-refractivity contribution in [2.45, 2.75) is 297 Å². The molecule has 0 aliphatic rings. The highest BCUT2D eigenvalue weighted by atomic mass is 16.6. The first-order valence-electron chi connectivity index (χ1n) is 30.1. The van der Waals surface area contributed by atoms with Gasteiger partial charge in [-0.05, 0) is 116 Å². The molecule has 71 heavy (non-hydrogen) atoms. The summed E-state index contributed by atoms with van der Waals surface area (Å²) < 4.78 is 16.9. The summed E-state index contributed by atoms with van der Waals surface area (Å²) in [6, 6.07) is 0. The molecule has 0 bridgehead atoms. The lowest BCUT2D eigenvalue weighted by molar-refractivity contribution is -0.167. The van der Waals surface area contributed by atoms with E-state index in [-0.39, 0.29) is 31.1 Å². The number of esters is 3. The van der Waals surface area contributed by atoms with Gasteiger partial charge in [-0.15, -0.1) is 0 Å². The molecule has 0 saturated heterocycles. The second-order valence-electron chi connectivity index (χ2n) is 19.9. The summed E-state index contributed by atoms with van der Waals surface area (Å²) in [5.41, 5.74) is 0. The maximum Gasteiger partial charge on any atom is 0.306 e. The Labute approximate surface area is 439 Å². The quantitative estimate of drug-likeness (QED) is 0.0261. The molecule has 0 rings (SSSR count). The van der Waals surface area contributed by atoms with Gasteiger partial charge in [-0.1, -0.05) is 241 Å². The minimum atomic E-state index is -0.798. The van der Waals surface area contributed by atoms with Crippen LogP contribution in [0.25, 0.3) is 0 Å². The van der Waals surface area contributed by atoms with E-state index in [0.717, 1.165) is 96.3 Å². The number of rotatable bonds is 54. The van der Waals surface area contributed by atoms with Crippen LogP contribution in [0.3, 0.4) is 0 Å². The fourth-order valence-electron chi connectivity index (χ4n) is 8.34. The van der Waals surface area contributed by atoms with Crippen LogP contribution in [0, 0.1) is 0 Å². The van der Waals surface area contributed by atoms with Gasteiger partial charge in [0.05, 0.1) is 0 Å². The molecule has 0 saturated carbocycles. The number of carbonyl (C=O) groups is 3. The lowest BCUT2D eigenvalue weighted by Crippen LogP contribution is -2.30. The van der Waals surface area contributed by atoms with E-state index < -0.39 is 6.10 Å². The smallest absolute Gasteiger partial charge is 0.306 e. The third-order valence-electron chi connectivity index (χ3n) is 12.9. The molecule has 0 aliphatic carbocycles. The van der Waals surface area contributed by atoms with Gasteiger partial charge >= 0.3 is 17.9 Å². The molecule has 0 fully saturated rings. The number of allylic oxidation sites excluding steroid dienone is 14. The first-order chi connectivity index (χ1) is 35.0. The Morgan fingerprint density at radius 1 is 0.296 bits per heavy atom. The van der Waals surface area contributed by atoms with Gasteiger partial charge in [-0.2, -0.15) is 0 Å². The zero-order valence-corrected chi connectivity index (χ0v) is 46.7. The Morgan fingerprint density at radius 3 is 0.930 bits per heavy atom. The van der Waals surface area contributed by atoms with Crippen molar-refractivity contribution in [3.8, 4) is 0 Å². The van der Waals surface area contributed by atoms with Crippen LogP contribution >= 0.6 is 0 Å². The first-order valence-corrected chi connectivity index (χ1v) is 30.1. The Kier molecular flexibility index (Phi) is 56.3. The Hall–Kier alpha value is -3.41. The van der Waals surface area contributed by atoms with E-state index in [2.05, 4.69) is 106 Å². The molecule has 0 aromatic rings. The molecular weight excluding hydrogens is 877 g/mol. The molecular formula is C65H112O6. The van der Waals surface area contributed by atoms with Gasteiger partial charge in [0.15, 0.2) is 6.10 Å². The average Bonchev–Trinajstić information content (AvgIpc) is 3.37. The van der Waals surface area contributed by atoms with Gasteiger partial charge in [-0.25, -0.2) is 0 Å². The zero-order chi connectivity index (χ0) is 51.4. The van der Waals surface area contributed by atoms with Gasteiger partial charge < -0.3 is 14.2 Å². The predicted molar refractivity (Wildman–Crippen MR) is 307 cm³/mol. The predicted octanol–water partition coefficient (Wildman–Crippen LogP) is 20.3. The van der Waals surface area contributed by atoms with Crippen molar-refractivity contribution < 1.29 is 28.6 Å². The van der Waals surface area contributed by atoms with Gasteiger partial charge in [0.2, 0.25) is 0 Å². The van der Waals surface area contributed by atoms with E-state index in [1.165, 1.54) is 154 Å². The third kappa shape index (κ3) is 57.4. The largest absolute Gasteiger partial charge is 0.462 e. The topological polar surface area (TPSA) is 78.9 Å². The summed E-state index contributed by atoms with van der Waals surface area (Å²) in [5, 5.41) is 0. The van der Waals surface area contributed by atoms with E-state index in [1.807, 2.05) is 0 Å². The standard InChI is InChI=1S/C65H112O6/c1-4-7-10-13-16-19-22-25-28-30-31-32-33-35-38-41-44-47-50-53-56-59-65(68)71-62(60-69-63(66)57-54-51-48-45-42-39-36-27-24-21-18-15-12-9-6-3)61-70-64(67)58-55-52-49-46-43-40-37-34-29-26-23-20-17-14-11-8-5-2/h9,12,17-18,20-21,25-29,36,42,45,62H,4-8,10-11,13-16,19,22-24,30-35,37-41,43-44,46-61H2,1-3H3/b12-9-,20-17-,21-18-,28-25-,29-26-,36-27-,45-42-/t62-/m1/s1. The van der Waals surface area contributed by atoms with Gasteiger partial charge in [0.1, 0.15) is 13.2 Å². The molecule has 0 amide bonds. The van der Waals surface area contributed by atoms with Crippen LogP contribution in [0.2, 0.25) is 0 Å². The van der Waals surface area contributed by atoms with E-state index >= 15 is 0 Å². The maximum absolute atomic E-state index is 12.9. The van der Waals surface area contributed by atoms with E-state index in [0.29, 0.717) is 19.3 Å². The van der Waals surface area contributed by atoms with E-state index in [9.17, 15) is 14.4 Å². The number of hydrogen-bond donors (Lipinski definition) is 0. The Morgan fingerprint density at radius 2 is 0.549 bits per heavy atom. The van der Waals surface area contributed by atoms with Crippen LogP contribution < -0.4 is 0 Å². The summed E-state index contributed by atoms with van der Waals surface area (Å²) in [5.74, 6) is -0.936. The highest BCUT2D eigenvalue weighted by Gasteiger charge is 2.19. The SMILES string of the molecule is CC/C=C\C/C=C\C/C=C\C/C=C\CCCCC(=O)OC[C@H](COC(=O)CCCCCCCCC/C=C\C/C=C\CCCCC)OC(=O)CCCCCCCCCCCCC/C=C\CCCCCCCC. The van der Waals surface area contributed by atoms with Crippen molar-refractivity contribution in [2.75, 3.05) is 13.2 Å². The molecule has 1 atom stereocenters. The van der Waals surface area contributed by atoms with Crippen LogP contribution in [-0.2, 0) is 28.6 Å². The highest BCUT2D eigenvalue weighted by Crippen LogP contribution is 2.15. The van der Waals surface area contributed by atoms with Crippen LogP contribution in [-0.4, -0.2) is 37.2 Å². The summed E-state index contributed by atoms with van der Waals surface area (Å²) in [6.45, 7) is 6.48. The molecule has 0 unspecified atom stereocenters. The van der Waals surface area contributed by atoms with Crippen molar-refractivity contribution in [1.29, 1.82) is 0 Å². The molecule has 6 nitrogen and oxygen atoms in total. The molecule has 0 spiro atoms. The third-order valence-corrected chi connectivity index (χ3v) is 12.9. The molecule has 6 heteroatoms. The zero-order valence-electron chi connectivity index (χ0n) is 46.7. The van der Waals surface area contributed by atoms with Gasteiger partial charge in [0.25, 0.3) is 0 Å². The van der Waals surface area contributed by atoms with Crippen LogP contribution in [0.5, 0.6) is 0 Å². The lowest BCUT2D eigenvalue weighted by atomic mass is 10.0. The Balaban J connectivity index is 4.41. The van der Waals surface area contributed by atoms with Crippen LogP contribution in [0.15, 0.2) is 85.1 Å². The first kappa shape index (κ1) is 67.6. The van der Waals surface area contributed by atoms with Crippen molar-refractivity contribution in [3.05, 3.63) is 85.1 Å². The van der Waals surface area contributed by atoms with Crippen molar-refractivity contribution in [3.63, 3.8) is 0 Å². The second kappa shape index (κ2) is 59.2. The molecule has 0 radical (unpaired) electrons. The Bertz CT molecular complexity index is 1370. The number of unbranched alkanes of at least 4 members (excludes halogenated alkanes) is 29. The number of carbonyl (C=O) groups excluding carboxylic acids is 3. The molecule has 0 aromatic carbocycles. The second-order valence-corrected chi connectivity index (χ2v) is 19.9. The number of hydrogen-bond acceptors (Lipinski definition) is 6. The fourth-order valence-corrected chi connectivity index (χ4v) is 8.34.